The summed E-state index contributed by atoms with van der Waals surface area (Å²) in [6.07, 6.45) is 0. The zero-order valence-electron chi connectivity index (χ0n) is 15.8. The van der Waals surface area contributed by atoms with Gasteiger partial charge in [-0.05, 0) is 30.2 Å². The number of benzene rings is 2. The van der Waals surface area contributed by atoms with E-state index in [0.717, 1.165) is 9.20 Å². The molecule has 0 atom stereocenters. The van der Waals surface area contributed by atoms with Gasteiger partial charge in [-0.1, -0.05) is 43.8 Å². The molecule has 9 heteroatoms. The average Bonchev–Trinajstić information content (AvgIpc) is 3.13. The Labute approximate surface area is 173 Å². The molecule has 4 rings (SSSR count). The van der Waals surface area contributed by atoms with Crippen LogP contribution in [0.25, 0.3) is 4.91 Å². The highest BCUT2D eigenvalue weighted by molar-refractivity contribution is 8.08. The molecule has 0 unspecified atom stereocenters. The van der Waals surface area contributed by atoms with Gasteiger partial charge in [-0.25, -0.2) is 13.2 Å². The summed E-state index contributed by atoms with van der Waals surface area (Å²) in [5, 5.41) is 9.96. The van der Waals surface area contributed by atoms with E-state index < -0.39 is 16.0 Å². The van der Waals surface area contributed by atoms with Gasteiger partial charge in [-0.3, -0.25) is 4.31 Å². The minimum atomic E-state index is -3.97. The van der Waals surface area contributed by atoms with Crippen molar-refractivity contribution in [2.45, 2.75) is 23.6 Å². The molecule has 0 fully saturated rings. The molecule has 0 bridgehead atoms. The number of carboxylic acid groups (broad SMARTS) is 1. The molecular weight excluding hydrogens is 414 g/mol. The van der Waals surface area contributed by atoms with E-state index in [1.807, 2.05) is 13.8 Å². The van der Waals surface area contributed by atoms with Crippen molar-refractivity contribution in [1.82, 2.24) is 4.31 Å². The molecule has 152 valence electrons. The smallest absolute Gasteiger partial charge is 0.354 e. The van der Waals surface area contributed by atoms with Crippen LogP contribution in [-0.2, 0) is 14.8 Å². The van der Waals surface area contributed by atoms with Crippen molar-refractivity contribution in [3.05, 3.63) is 53.7 Å². The lowest BCUT2D eigenvalue weighted by atomic mass is 10.1. The van der Waals surface area contributed by atoms with E-state index in [2.05, 4.69) is 0 Å². The van der Waals surface area contributed by atoms with E-state index in [0.29, 0.717) is 22.0 Å². The molecule has 0 saturated heterocycles. The molecule has 7 nitrogen and oxygen atoms in total. The van der Waals surface area contributed by atoms with E-state index >= 15 is 0 Å². The number of sulfonamides is 1. The maximum Gasteiger partial charge on any atom is 0.354 e. The van der Waals surface area contributed by atoms with Crippen molar-refractivity contribution >= 4 is 32.7 Å². The van der Waals surface area contributed by atoms with Gasteiger partial charge in [-0.15, -0.1) is 0 Å². The first kappa shape index (κ1) is 19.7. The first-order valence-electron chi connectivity index (χ1n) is 8.96. The minimum Gasteiger partial charge on any atom is -0.477 e. The number of carboxylic acids is 1. The Bertz CT molecular complexity index is 1120. The van der Waals surface area contributed by atoms with Crippen LogP contribution in [0, 0.1) is 5.92 Å². The first-order valence-corrected chi connectivity index (χ1v) is 11.2. The molecule has 0 spiro atoms. The molecule has 2 heterocycles. The standard InChI is InChI=1S/C20H19NO6S2/c1-12(2)10-21-18(20(22)23)19(14-5-3-4-6-17(14)29(21,24)25)28-13-7-8-15-16(9-13)27-11-26-15/h3-9,12H,10-11H2,1-2H3,(H,22,23). The Kier molecular flexibility index (Phi) is 4.95. The summed E-state index contributed by atoms with van der Waals surface area (Å²) >= 11 is 1.20. The van der Waals surface area contributed by atoms with Gasteiger partial charge in [0.2, 0.25) is 6.79 Å². The zero-order chi connectivity index (χ0) is 20.8. The van der Waals surface area contributed by atoms with Crippen LogP contribution in [-0.4, -0.2) is 37.1 Å². The lowest BCUT2D eigenvalue weighted by Gasteiger charge is -2.33. The van der Waals surface area contributed by atoms with Crippen LogP contribution < -0.4 is 9.47 Å². The summed E-state index contributed by atoms with van der Waals surface area (Å²) < 4.78 is 38.1. The largest absolute Gasteiger partial charge is 0.477 e. The maximum atomic E-state index is 13.2. The molecule has 2 aliphatic heterocycles. The van der Waals surface area contributed by atoms with Crippen LogP contribution in [0.2, 0.25) is 0 Å². The minimum absolute atomic E-state index is 0.0545. The van der Waals surface area contributed by atoms with E-state index in [-0.39, 0.29) is 29.8 Å². The van der Waals surface area contributed by atoms with Gasteiger partial charge in [0.1, 0.15) is 0 Å². The topological polar surface area (TPSA) is 93.1 Å². The number of ether oxygens (including phenoxy) is 2. The van der Waals surface area contributed by atoms with Gasteiger partial charge in [0, 0.05) is 17.0 Å². The third kappa shape index (κ3) is 3.44. The third-order valence-corrected chi connectivity index (χ3v) is 7.39. The SMILES string of the molecule is CC(C)CN1C(C(=O)O)=C(Sc2ccc3c(c2)OCO3)c2ccccc2S1(=O)=O. The molecule has 0 aliphatic carbocycles. The average molecular weight is 434 g/mol. The molecule has 0 amide bonds. The van der Waals surface area contributed by atoms with Crippen molar-refractivity contribution < 1.29 is 27.8 Å². The van der Waals surface area contributed by atoms with Gasteiger partial charge in [0.15, 0.2) is 17.2 Å². The number of aliphatic carboxylic acids is 1. The van der Waals surface area contributed by atoms with E-state index in [1.54, 1.807) is 36.4 Å². The zero-order valence-corrected chi connectivity index (χ0v) is 17.4. The predicted octanol–water partition coefficient (Wildman–Crippen LogP) is 3.62. The van der Waals surface area contributed by atoms with Crippen LogP contribution in [0.3, 0.4) is 0 Å². The number of hydrogen-bond acceptors (Lipinski definition) is 6. The molecule has 0 saturated carbocycles. The summed E-state index contributed by atoms with van der Waals surface area (Å²) in [5.74, 6) is -0.147. The van der Waals surface area contributed by atoms with Crippen LogP contribution in [0.1, 0.15) is 19.4 Å². The van der Waals surface area contributed by atoms with Crippen LogP contribution in [0.4, 0.5) is 0 Å². The summed E-state index contributed by atoms with van der Waals surface area (Å²) in [6, 6.07) is 11.8. The van der Waals surface area contributed by atoms with Gasteiger partial charge in [0.05, 0.1) is 9.80 Å². The Morgan fingerprint density at radius 1 is 1.17 bits per heavy atom. The van der Waals surface area contributed by atoms with Gasteiger partial charge < -0.3 is 14.6 Å². The van der Waals surface area contributed by atoms with Crippen molar-refractivity contribution in [2.24, 2.45) is 5.92 Å². The molecule has 2 aromatic rings. The number of thioether (sulfide) groups is 1. The maximum absolute atomic E-state index is 13.2. The monoisotopic (exact) mass is 433 g/mol. The van der Waals surface area contributed by atoms with Crippen molar-refractivity contribution in [3.8, 4) is 11.5 Å². The molecule has 1 N–H and O–H groups in total. The Hall–Kier alpha value is -2.65. The fourth-order valence-corrected chi connectivity index (χ4v) is 6.33. The predicted molar refractivity (Wildman–Crippen MR) is 108 cm³/mol. The van der Waals surface area contributed by atoms with Crippen molar-refractivity contribution in [2.75, 3.05) is 13.3 Å². The van der Waals surface area contributed by atoms with Gasteiger partial charge in [0.25, 0.3) is 10.0 Å². The van der Waals surface area contributed by atoms with Gasteiger partial charge >= 0.3 is 5.97 Å². The molecular formula is C20H19NO6S2. The van der Waals surface area contributed by atoms with Gasteiger partial charge in [-0.2, -0.15) is 0 Å². The normalized spacial score (nSPS) is 16.9. The second-order valence-corrected chi connectivity index (χ2v) is 9.94. The second kappa shape index (κ2) is 7.31. The third-order valence-electron chi connectivity index (χ3n) is 4.46. The number of carbonyl (C=O) groups is 1. The fraction of sp³-hybridized carbons (Fsp3) is 0.250. The Balaban J connectivity index is 1.90. The summed E-state index contributed by atoms with van der Waals surface area (Å²) in [7, 11) is -3.97. The van der Waals surface area contributed by atoms with Crippen LogP contribution in [0.15, 0.2) is 58.0 Å². The summed E-state index contributed by atoms with van der Waals surface area (Å²) in [4.78, 5) is 13.4. The fourth-order valence-electron chi connectivity index (χ4n) is 3.25. The summed E-state index contributed by atoms with van der Waals surface area (Å²) in [5.41, 5.74) is 0.146. The molecule has 2 aromatic carbocycles. The van der Waals surface area contributed by atoms with Crippen molar-refractivity contribution in [3.63, 3.8) is 0 Å². The lowest BCUT2D eigenvalue weighted by molar-refractivity contribution is -0.133. The molecule has 2 aliphatic rings. The van der Waals surface area contributed by atoms with E-state index in [9.17, 15) is 18.3 Å². The molecule has 0 aromatic heterocycles. The number of nitrogens with zero attached hydrogens (tertiary/aromatic N) is 1. The highest BCUT2D eigenvalue weighted by atomic mass is 32.2. The summed E-state index contributed by atoms with van der Waals surface area (Å²) in [6.45, 7) is 3.90. The Morgan fingerprint density at radius 2 is 1.90 bits per heavy atom. The molecule has 29 heavy (non-hydrogen) atoms. The molecule has 0 radical (unpaired) electrons. The first-order chi connectivity index (χ1) is 13.8. The van der Waals surface area contributed by atoms with E-state index in [1.165, 1.54) is 17.8 Å². The van der Waals surface area contributed by atoms with E-state index in [4.69, 9.17) is 9.47 Å². The number of fused-ring (bicyclic) bond motifs is 2. The number of rotatable bonds is 5. The highest BCUT2D eigenvalue weighted by Gasteiger charge is 2.40. The number of hydrogen-bond donors (Lipinski definition) is 1. The highest BCUT2D eigenvalue weighted by Crippen LogP contribution is 2.47. The second-order valence-electron chi connectivity index (χ2n) is 7.03. The lowest BCUT2D eigenvalue weighted by Crippen LogP contribution is -2.39. The quantitative estimate of drug-likeness (QED) is 0.770. The Morgan fingerprint density at radius 3 is 2.62 bits per heavy atom. The van der Waals surface area contributed by atoms with Crippen LogP contribution in [0.5, 0.6) is 11.5 Å². The van der Waals surface area contributed by atoms with Crippen molar-refractivity contribution in [1.29, 1.82) is 0 Å². The van der Waals surface area contributed by atoms with Crippen LogP contribution >= 0.6 is 11.8 Å².